The molecule has 2 unspecified atom stereocenters. The summed E-state index contributed by atoms with van der Waals surface area (Å²) in [6.45, 7) is 6.60. The molecule has 4 N–H and O–H groups in total. The highest BCUT2D eigenvalue weighted by molar-refractivity contribution is 5.96. The first-order valence-electron chi connectivity index (χ1n) is 13.4. The van der Waals surface area contributed by atoms with E-state index in [4.69, 9.17) is 0 Å². The summed E-state index contributed by atoms with van der Waals surface area (Å²) >= 11 is 0. The maximum absolute atomic E-state index is 13.2. The van der Waals surface area contributed by atoms with Gasteiger partial charge in [-0.1, -0.05) is 18.2 Å². The minimum atomic E-state index is -0.904. The number of para-hydroxylation sites is 1. The number of carbonyl (C=O) groups is 2. The van der Waals surface area contributed by atoms with Gasteiger partial charge in [0.25, 0.3) is 0 Å². The molecule has 5 rings (SSSR count). The van der Waals surface area contributed by atoms with Crippen LogP contribution in [-0.4, -0.2) is 65.0 Å². The van der Waals surface area contributed by atoms with Crippen LogP contribution in [0, 0.1) is 5.92 Å². The minimum absolute atomic E-state index is 0.00654. The number of hydrogen-bond acceptors (Lipinski definition) is 5. The average molecular weight is 507 g/mol. The van der Waals surface area contributed by atoms with Gasteiger partial charge in [-0.05, 0) is 81.3 Å². The van der Waals surface area contributed by atoms with Crippen LogP contribution in [0.3, 0.4) is 0 Å². The first-order valence-corrected chi connectivity index (χ1v) is 13.4. The van der Waals surface area contributed by atoms with Gasteiger partial charge in [0, 0.05) is 49.6 Å². The number of nitrogens with zero attached hydrogens (tertiary/aromatic N) is 3. The predicted octanol–water partition coefficient (Wildman–Crippen LogP) is 4.22. The topological polar surface area (TPSA) is 100 Å². The number of likely N-dealkylation sites (tertiary alicyclic amines) is 1. The SMILES string of the molecule is CC(C)N1C(=O)N(CC2CC2)Cc2cc(NC(=O)N3CCCC3CNC(O)Nc3ccccc3)ccc21. The van der Waals surface area contributed by atoms with E-state index >= 15 is 0 Å². The number of benzene rings is 2. The molecule has 1 aliphatic carbocycles. The highest BCUT2D eigenvalue weighted by Crippen LogP contribution is 2.36. The largest absolute Gasteiger partial charge is 0.361 e. The summed E-state index contributed by atoms with van der Waals surface area (Å²) in [7, 11) is 0. The fraction of sp³-hybridized carbons (Fsp3) is 0.500. The Bertz CT molecular complexity index is 1110. The molecule has 2 aromatic carbocycles. The van der Waals surface area contributed by atoms with Crippen molar-refractivity contribution in [3.8, 4) is 0 Å². The van der Waals surface area contributed by atoms with E-state index in [1.54, 1.807) is 0 Å². The van der Waals surface area contributed by atoms with Crippen molar-refractivity contribution in [1.82, 2.24) is 15.1 Å². The lowest BCUT2D eigenvalue weighted by atomic mass is 10.1. The van der Waals surface area contributed by atoms with Crippen LogP contribution in [0.25, 0.3) is 0 Å². The number of fused-ring (bicyclic) bond motifs is 1. The summed E-state index contributed by atoms with van der Waals surface area (Å²) in [5, 5.41) is 19.5. The van der Waals surface area contributed by atoms with Gasteiger partial charge in [-0.2, -0.15) is 0 Å². The zero-order chi connectivity index (χ0) is 25.9. The number of amides is 4. The molecule has 9 nitrogen and oxygen atoms in total. The summed E-state index contributed by atoms with van der Waals surface area (Å²) in [6.07, 6.45) is 3.29. The molecule has 3 aliphatic rings. The molecule has 0 bridgehead atoms. The van der Waals surface area contributed by atoms with E-state index in [0.717, 1.165) is 42.0 Å². The molecule has 9 heteroatoms. The number of anilines is 3. The van der Waals surface area contributed by atoms with Crippen LogP contribution in [0.15, 0.2) is 48.5 Å². The quantitative estimate of drug-likeness (QED) is 0.382. The monoisotopic (exact) mass is 506 g/mol. The number of nitrogens with one attached hydrogen (secondary N) is 3. The molecule has 2 atom stereocenters. The Labute approximate surface area is 218 Å². The van der Waals surface area contributed by atoms with E-state index in [1.807, 2.05) is 77.1 Å². The first-order chi connectivity index (χ1) is 17.9. The average Bonchev–Trinajstić information content (AvgIpc) is 3.56. The minimum Gasteiger partial charge on any atom is -0.361 e. The van der Waals surface area contributed by atoms with E-state index in [0.29, 0.717) is 25.6 Å². The van der Waals surface area contributed by atoms with Gasteiger partial charge < -0.3 is 25.5 Å². The number of hydrogen-bond donors (Lipinski definition) is 4. The lowest BCUT2D eigenvalue weighted by Crippen LogP contribution is -2.50. The number of rotatable bonds is 9. The van der Waals surface area contributed by atoms with Gasteiger partial charge in [0.2, 0.25) is 0 Å². The lowest BCUT2D eigenvalue weighted by molar-refractivity contribution is 0.150. The highest BCUT2D eigenvalue weighted by atomic mass is 16.3. The number of aliphatic hydroxyl groups excluding tert-OH is 1. The van der Waals surface area contributed by atoms with Crippen molar-refractivity contribution in [3.63, 3.8) is 0 Å². The summed E-state index contributed by atoms with van der Waals surface area (Å²) in [5.74, 6) is 0.615. The molecule has 4 amide bonds. The van der Waals surface area contributed by atoms with Crippen LogP contribution in [0.2, 0.25) is 0 Å². The van der Waals surface area contributed by atoms with E-state index in [1.165, 1.54) is 12.8 Å². The number of aliphatic hydroxyl groups is 1. The van der Waals surface area contributed by atoms with Gasteiger partial charge in [-0.15, -0.1) is 0 Å². The maximum Gasteiger partial charge on any atom is 0.325 e. The Kier molecular flexibility index (Phi) is 7.53. The summed E-state index contributed by atoms with van der Waals surface area (Å²) < 4.78 is 0. The Hall–Kier alpha value is -3.30. The normalized spacial score (nSPS) is 20.3. The molecule has 1 saturated heterocycles. The van der Waals surface area contributed by atoms with Crippen molar-refractivity contribution < 1.29 is 14.7 Å². The third-order valence-corrected chi connectivity index (χ3v) is 7.38. The molecule has 0 aromatic heterocycles. The van der Waals surface area contributed by atoms with Crippen LogP contribution in [-0.2, 0) is 6.54 Å². The molecule has 2 fully saturated rings. The van der Waals surface area contributed by atoms with Gasteiger partial charge in [0.15, 0.2) is 6.35 Å². The summed E-state index contributed by atoms with van der Waals surface area (Å²) in [4.78, 5) is 32.0. The number of urea groups is 2. The van der Waals surface area contributed by atoms with Gasteiger partial charge in [-0.25, -0.2) is 9.59 Å². The third-order valence-electron chi connectivity index (χ3n) is 7.38. The van der Waals surface area contributed by atoms with Crippen LogP contribution in [0.4, 0.5) is 26.7 Å². The van der Waals surface area contributed by atoms with Crippen LogP contribution >= 0.6 is 0 Å². The zero-order valence-electron chi connectivity index (χ0n) is 21.7. The second kappa shape index (κ2) is 11.0. The maximum atomic E-state index is 13.2. The molecule has 1 saturated carbocycles. The van der Waals surface area contributed by atoms with Crippen molar-refractivity contribution in [2.45, 2.75) is 64.5 Å². The number of carbonyl (C=O) groups excluding carboxylic acids is 2. The third kappa shape index (κ3) is 5.99. The molecule has 2 aromatic rings. The second-order valence-electron chi connectivity index (χ2n) is 10.7. The van der Waals surface area contributed by atoms with Crippen molar-refractivity contribution >= 4 is 29.1 Å². The first kappa shape index (κ1) is 25.4. The van der Waals surface area contributed by atoms with Gasteiger partial charge >= 0.3 is 12.1 Å². The fourth-order valence-corrected chi connectivity index (χ4v) is 5.31. The van der Waals surface area contributed by atoms with Crippen molar-refractivity contribution in [2.75, 3.05) is 35.2 Å². The fourth-order valence-electron chi connectivity index (χ4n) is 5.31. The van der Waals surface area contributed by atoms with E-state index in [9.17, 15) is 14.7 Å². The summed E-state index contributed by atoms with van der Waals surface area (Å²) in [6, 6.07) is 15.3. The molecule has 198 valence electrons. The Balaban J connectivity index is 1.21. The molecular weight excluding hydrogens is 468 g/mol. The molecule has 0 spiro atoms. The van der Waals surface area contributed by atoms with Crippen molar-refractivity contribution in [3.05, 3.63) is 54.1 Å². The van der Waals surface area contributed by atoms with Crippen LogP contribution < -0.4 is 20.9 Å². The Morgan fingerprint density at radius 1 is 1.08 bits per heavy atom. The molecule has 2 aliphatic heterocycles. The van der Waals surface area contributed by atoms with Gasteiger partial charge in [-0.3, -0.25) is 10.2 Å². The van der Waals surface area contributed by atoms with E-state index in [2.05, 4.69) is 16.0 Å². The molecule has 2 heterocycles. The van der Waals surface area contributed by atoms with Crippen molar-refractivity contribution in [1.29, 1.82) is 0 Å². The van der Waals surface area contributed by atoms with Crippen LogP contribution in [0.5, 0.6) is 0 Å². The predicted molar refractivity (Wildman–Crippen MR) is 145 cm³/mol. The summed E-state index contributed by atoms with van der Waals surface area (Å²) in [5.41, 5.74) is 3.54. The van der Waals surface area contributed by atoms with E-state index in [-0.39, 0.29) is 24.1 Å². The Morgan fingerprint density at radius 3 is 2.59 bits per heavy atom. The lowest BCUT2D eigenvalue weighted by Gasteiger charge is -2.39. The van der Waals surface area contributed by atoms with E-state index < -0.39 is 6.35 Å². The zero-order valence-corrected chi connectivity index (χ0v) is 21.7. The molecular formula is C28H38N6O3. The molecule has 0 radical (unpaired) electrons. The van der Waals surface area contributed by atoms with Crippen molar-refractivity contribution in [2.24, 2.45) is 5.92 Å². The smallest absolute Gasteiger partial charge is 0.325 e. The van der Waals surface area contributed by atoms with Crippen LogP contribution in [0.1, 0.15) is 45.1 Å². The standard InChI is InChI=1S/C28H38N6O3/c1-19(2)34-25-13-12-23(15-21(25)18-32(28(34)37)17-20-10-11-20)31-27(36)33-14-6-9-24(33)16-29-26(35)30-22-7-4-3-5-8-22/h3-5,7-8,12-13,15,19-20,24,26,29-30,35H,6,9-11,14,16-18H2,1-2H3,(H,31,36). The molecule has 37 heavy (non-hydrogen) atoms. The van der Waals surface area contributed by atoms with Gasteiger partial charge in [0.1, 0.15) is 0 Å². The highest BCUT2D eigenvalue weighted by Gasteiger charge is 2.36. The van der Waals surface area contributed by atoms with Gasteiger partial charge in [0.05, 0.1) is 5.69 Å². The Morgan fingerprint density at radius 2 is 1.86 bits per heavy atom. The second-order valence-corrected chi connectivity index (χ2v) is 10.7.